The van der Waals surface area contributed by atoms with Gasteiger partial charge in [-0.15, -0.1) is 0 Å². The Morgan fingerprint density at radius 2 is 1.87 bits per heavy atom. The Labute approximate surface area is 138 Å². The van der Waals surface area contributed by atoms with Crippen LogP contribution in [-0.2, 0) is 9.53 Å². The summed E-state index contributed by atoms with van der Waals surface area (Å²) in [5, 5.41) is 2.72. The van der Waals surface area contributed by atoms with E-state index in [0.717, 1.165) is 0 Å². The van der Waals surface area contributed by atoms with Gasteiger partial charge in [0.2, 0.25) is 5.91 Å². The average molecular weight is 318 g/mol. The molecule has 0 saturated carbocycles. The minimum Gasteiger partial charge on any atom is -0.444 e. The van der Waals surface area contributed by atoms with Gasteiger partial charge in [0, 0.05) is 19.0 Å². The van der Waals surface area contributed by atoms with E-state index >= 15 is 0 Å². The van der Waals surface area contributed by atoms with E-state index in [4.69, 9.17) is 4.74 Å². The number of carbonyl (C=O) groups excluding carboxylic acids is 2. The van der Waals surface area contributed by atoms with Gasteiger partial charge < -0.3 is 15.0 Å². The van der Waals surface area contributed by atoms with E-state index < -0.39 is 17.7 Å². The SMILES string of the molecule is C[C@@H]1[C@H](c2ccccc2)C[C@H](NC(=O)OC(C)(C)C)C(=O)N1C. The summed E-state index contributed by atoms with van der Waals surface area (Å²) in [6, 6.07) is 9.62. The van der Waals surface area contributed by atoms with Gasteiger partial charge in [0.05, 0.1) is 0 Å². The van der Waals surface area contributed by atoms with Gasteiger partial charge >= 0.3 is 6.09 Å². The molecule has 0 aliphatic carbocycles. The summed E-state index contributed by atoms with van der Waals surface area (Å²) in [7, 11) is 1.78. The van der Waals surface area contributed by atoms with Crippen LogP contribution in [0.4, 0.5) is 4.79 Å². The second-order valence-electron chi connectivity index (χ2n) is 7.14. The van der Waals surface area contributed by atoms with Crippen LogP contribution in [0.15, 0.2) is 30.3 Å². The van der Waals surface area contributed by atoms with Gasteiger partial charge in [-0.3, -0.25) is 4.79 Å². The highest BCUT2D eigenvalue weighted by Gasteiger charge is 2.39. The van der Waals surface area contributed by atoms with Crippen molar-refractivity contribution in [3.63, 3.8) is 0 Å². The first-order valence-electron chi connectivity index (χ1n) is 8.00. The highest BCUT2D eigenvalue weighted by molar-refractivity contribution is 5.86. The molecular formula is C18H26N2O3. The van der Waals surface area contributed by atoms with Crippen LogP contribution in [-0.4, -0.2) is 41.6 Å². The van der Waals surface area contributed by atoms with Crippen molar-refractivity contribution in [2.24, 2.45) is 0 Å². The molecule has 5 nitrogen and oxygen atoms in total. The van der Waals surface area contributed by atoms with Gasteiger partial charge in [-0.2, -0.15) is 0 Å². The van der Waals surface area contributed by atoms with E-state index in [1.165, 1.54) is 5.56 Å². The molecule has 5 heteroatoms. The summed E-state index contributed by atoms with van der Waals surface area (Å²) in [5.74, 6) is 0.106. The highest BCUT2D eigenvalue weighted by atomic mass is 16.6. The molecule has 126 valence electrons. The molecule has 1 heterocycles. The summed E-state index contributed by atoms with van der Waals surface area (Å²) in [4.78, 5) is 26.2. The second-order valence-corrected chi connectivity index (χ2v) is 7.14. The molecule has 1 aromatic rings. The van der Waals surface area contributed by atoms with Crippen LogP contribution in [0.3, 0.4) is 0 Å². The third kappa shape index (κ3) is 4.24. The number of alkyl carbamates (subject to hydrolysis) is 1. The molecule has 0 bridgehead atoms. The number of nitrogens with one attached hydrogen (secondary N) is 1. The first-order chi connectivity index (χ1) is 10.7. The Hall–Kier alpha value is -2.04. The number of benzene rings is 1. The van der Waals surface area contributed by atoms with Gasteiger partial charge in [-0.05, 0) is 39.7 Å². The zero-order valence-electron chi connectivity index (χ0n) is 14.5. The first-order valence-corrected chi connectivity index (χ1v) is 8.00. The molecular weight excluding hydrogens is 292 g/mol. The number of carbonyl (C=O) groups is 2. The van der Waals surface area contributed by atoms with E-state index in [-0.39, 0.29) is 17.9 Å². The summed E-state index contributed by atoms with van der Waals surface area (Å²) >= 11 is 0. The van der Waals surface area contributed by atoms with Crippen molar-refractivity contribution in [1.82, 2.24) is 10.2 Å². The number of hydrogen-bond donors (Lipinski definition) is 1. The zero-order valence-corrected chi connectivity index (χ0v) is 14.5. The lowest BCUT2D eigenvalue weighted by Crippen LogP contribution is -2.57. The Morgan fingerprint density at radius 3 is 2.43 bits per heavy atom. The van der Waals surface area contributed by atoms with Crippen molar-refractivity contribution in [2.45, 2.75) is 57.7 Å². The van der Waals surface area contributed by atoms with Crippen molar-refractivity contribution >= 4 is 12.0 Å². The largest absolute Gasteiger partial charge is 0.444 e. The molecule has 1 N–H and O–H groups in total. The third-order valence-electron chi connectivity index (χ3n) is 4.25. The predicted molar refractivity (Wildman–Crippen MR) is 89.2 cm³/mol. The lowest BCUT2D eigenvalue weighted by atomic mass is 9.82. The molecule has 3 atom stereocenters. The zero-order chi connectivity index (χ0) is 17.2. The van der Waals surface area contributed by atoms with Gasteiger partial charge in [-0.25, -0.2) is 4.79 Å². The second kappa shape index (κ2) is 6.60. The van der Waals surface area contributed by atoms with E-state index in [1.807, 2.05) is 25.1 Å². The van der Waals surface area contributed by atoms with Crippen molar-refractivity contribution < 1.29 is 14.3 Å². The maximum Gasteiger partial charge on any atom is 0.408 e. The molecule has 1 aliphatic rings. The Bertz CT molecular complexity index is 565. The molecule has 1 aliphatic heterocycles. The molecule has 0 radical (unpaired) electrons. The summed E-state index contributed by atoms with van der Waals surface area (Å²) < 4.78 is 5.27. The molecule has 0 spiro atoms. The van der Waals surface area contributed by atoms with Gasteiger partial charge in [-0.1, -0.05) is 30.3 Å². The highest BCUT2D eigenvalue weighted by Crippen LogP contribution is 2.32. The molecule has 1 saturated heterocycles. The lowest BCUT2D eigenvalue weighted by molar-refractivity contribution is -0.137. The van der Waals surface area contributed by atoms with Crippen LogP contribution < -0.4 is 5.32 Å². The van der Waals surface area contributed by atoms with Gasteiger partial charge in [0.15, 0.2) is 0 Å². The number of amides is 2. The minimum atomic E-state index is -0.584. The number of likely N-dealkylation sites (tertiary alicyclic amines) is 1. The minimum absolute atomic E-state index is 0.0736. The number of piperidine rings is 1. The fourth-order valence-electron chi connectivity index (χ4n) is 2.95. The molecule has 0 aromatic heterocycles. The van der Waals surface area contributed by atoms with Crippen molar-refractivity contribution in [3.05, 3.63) is 35.9 Å². The van der Waals surface area contributed by atoms with Crippen LogP contribution in [0.25, 0.3) is 0 Å². The Kier molecular flexibility index (Phi) is 4.97. The van der Waals surface area contributed by atoms with E-state index in [1.54, 1.807) is 32.7 Å². The van der Waals surface area contributed by atoms with Crippen LogP contribution in [0.1, 0.15) is 45.6 Å². The fraction of sp³-hybridized carbons (Fsp3) is 0.556. The number of rotatable bonds is 2. The van der Waals surface area contributed by atoms with E-state index in [9.17, 15) is 9.59 Å². The summed E-state index contributed by atoms with van der Waals surface area (Å²) in [6.07, 6.45) is 0.0266. The number of nitrogens with zero attached hydrogens (tertiary/aromatic N) is 1. The number of ether oxygens (including phenoxy) is 1. The quantitative estimate of drug-likeness (QED) is 0.912. The molecule has 0 unspecified atom stereocenters. The standard InChI is InChI=1S/C18H26N2O3/c1-12-14(13-9-7-6-8-10-13)11-15(16(21)20(12)5)19-17(22)23-18(2,3)4/h6-10,12,14-15H,11H2,1-5H3,(H,19,22)/t12-,14-,15+/m1/s1. The molecule has 2 amide bonds. The molecule has 1 aromatic carbocycles. The normalized spacial score (nSPS) is 25.2. The maximum absolute atomic E-state index is 12.5. The smallest absolute Gasteiger partial charge is 0.408 e. The van der Waals surface area contributed by atoms with Crippen LogP contribution in [0.5, 0.6) is 0 Å². The van der Waals surface area contributed by atoms with E-state index in [0.29, 0.717) is 6.42 Å². The Balaban J connectivity index is 2.14. The van der Waals surface area contributed by atoms with Crippen LogP contribution >= 0.6 is 0 Å². The number of hydrogen-bond acceptors (Lipinski definition) is 3. The lowest BCUT2D eigenvalue weighted by Gasteiger charge is -2.41. The maximum atomic E-state index is 12.5. The van der Waals surface area contributed by atoms with Gasteiger partial charge in [0.25, 0.3) is 0 Å². The topological polar surface area (TPSA) is 58.6 Å². The number of likely N-dealkylation sites (N-methyl/N-ethyl adjacent to an activating group) is 1. The van der Waals surface area contributed by atoms with Crippen LogP contribution in [0, 0.1) is 0 Å². The Morgan fingerprint density at radius 1 is 1.26 bits per heavy atom. The van der Waals surface area contributed by atoms with Crippen molar-refractivity contribution in [2.75, 3.05) is 7.05 Å². The molecule has 2 rings (SSSR count). The fourth-order valence-corrected chi connectivity index (χ4v) is 2.95. The molecule has 1 fully saturated rings. The molecule has 23 heavy (non-hydrogen) atoms. The first kappa shape index (κ1) is 17.3. The van der Waals surface area contributed by atoms with E-state index in [2.05, 4.69) is 17.4 Å². The third-order valence-corrected chi connectivity index (χ3v) is 4.25. The monoisotopic (exact) mass is 318 g/mol. The van der Waals surface area contributed by atoms with Crippen molar-refractivity contribution in [3.8, 4) is 0 Å². The summed E-state index contributed by atoms with van der Waals surface area (Å²) in [6.45, 7) is 7.45. The summed E-state index contributed by atoms with van der Waals surface area (Å²) in [5.41, 5.74) is 0.593. The van der Waals surface area contributed by atoms with Crippen LogP contribution in [0.2, 0.25) is 0 Å². The predicted octanol–water partition coefficient (Wildman–Crippen LogP) is 2.91. The van der Waals surface area contributed by atoms with Gasteiger partial charge in [0.1, 0.15) is 11.6 Å². The average Bonchev–Trinajstić information content (AvgIpc) is 2.47. The van der Waals surface area contributed by atoms with Crippen molar-refractivity contribution in [1.29, 1.82) is 0 Å².